The van der Waals surface area contributed by atoms with E-state index in [1.165, 1.54) is 13.0 Å². The number of Topliss-reactive ketones (excluding diaryl/α,β-unsaturated/α-hetero) is 1. The van der Waals surface area contributed by atoms with Gasteiger partial charge in [-0.1, -0.05) is 12.1 Å². The summed E-state index contributed by atoms with van der Waals surface area (Å²) in [4.78, 5) is 26.4. The van der Waals surface area contributed by atoms with Crippen LogP contribution in [0.15, 0.2) is 48.8 Å². The lowest BCUT2D eigenvalue weighted by Crippen LogP contribution is -2.08. The lowest BCUT2D eigenvalue weighted by atomic mass is 10.1. The number of nitro benzene ring substituents is 1. The number of anilines is 1. The molecule has 0 aliphatic heterocycles. The van der Waals surface area contributed by atoms with Crippen LogP contribution < -0.4 is 5.32 Å². The molecule has 128 valence electrons. The molecule has 3 rings (SSSR count). The van der Waals surface area contributed by atoms with Crippen LogP contribution in [-0.2, 0) is 6.54 Å². The maximum absolute atomic E-state index is 11.4. The smallest absolute Gasteiger partial charge is 0.293 e. The van der Waals surface area contributed by atoms with Gasteiger partial charge in [-0.2, -0.15) is 0 Å². The van der Waals surface area contributed by atoms with E-state index in [2.05, 4.69) is 14.9 Å². The van der Waals surface area contributed by atoms with Gasteiger partial charge in [0.25, 0.3) is 5.69 Å². The summed E-state index contributed by atoms with van der Waals surface area (Å²) in [7, 11) is 0. The number of benzene rings is 2. The minimum atomic E-state index is -0.474. The average Bonchev–Trinajstić information content (AvgIpc) is 3.01. The molecule has 0 saturated carbocycles. The van der Waals surface area contributed by atoms with Crippen molar-refractivity contribution in [3.8, 4) is 0 Å². The zero-order valence-corrected chi connectivity index (χ0v) is 13.8. The topological polar surface area (TPSA) is 90.1 Å². The minimum Gasteiger partial charge on any atom is -0.379 e. The van der Waals surface area contributed by atoms with E-state index in [9.17, 15) is 14.9 Å². The maximum atomic E-state index is 11.4. The zero-order valence-electron chi connectivity index (χ0n) is 13.8. The molecule has 7 nitrogen and oxygen atoms in total. The van der Waals surface area contributed by atoms with Crippen molar-refractivity contribution in [2.45, 2.75) is 19.9 Å². The molecule has 0 radical (unpaired) electrons. The molecule has 0 bridgehead atoms. The van der Waals surface area contributed by atoms with E-state index < -0.39 is 4.92 Å². The Morgan fingerprint density at radius 2 is 2.08 bits per heavy atom. The van der Waals surface area contributed by atoms with Crippen molar-refractivity contribution in [2.75, 3.05) is 11.9 Å². The highest BCUT2D eigenvalue weighted by atomic mass is 16.6. The van der Waals surface area contributed by atoms with Gasteiger partial charge in [-0.3, -0.25) is 14.9 Å². The number of imidazole rings is 1. The summed E-state index contributed by atoms with van der Waals surface area (Å²) < 4.78 is 2.06. The lowest BCUT2D eigenvalue weighted by Gasteiger charge is -2.09. The Morgan fingerprint density at radius 3 is 2.84 bits per heavy atom. The fraction of sp³-hybridized carbons (Fsp3) is 0.222. The van der Waals surface area contributed by atoms with Crippen molar-refractivity contribution in [1.82, 2.24) is 9.55 Å². The molecule has 0 fully saturated rings. The van der Waals surface area contributed by atoms with E-state index >= 15 is 0 Å². The summed E-state index contributed by atoms with van der Waals surface area (Å²) in [5.74, 6) is -0.193. The fourth-order valence-electron chi connectivity index (χ4n) is 2.71. The Hall–Kier alpha value is -3.22. The standard InChI is InChI=1S/C18H18N4O3/c1-13(23)14-7-8-16(18(11-14)22(24)25)19-9-4-10-21-12-20-15-5-2-3-6-17(15)21/h2-3,5-8,11-12,19H,4,9-10H2,1H3. The van der Waals surface area contributed by atoms with Crippen molar-refractivity contribution in [1.29, 1.82) is 0 Å². The third kappa shape index (κ3) is 3.65. The summed E-state index contributed by atoms with van der Waals surface area (Å²) in [5, 5.41) is 14.3. The quantitative estimate of drug-likeness (QED) is 0.307. The number of nitrogens with one attached hydrogen (secondary N) is 1. The molecule has 0 atom stereocenters. The molecule has 0 aliphatic rings. The highest BCUT2D eigenvalue weighted by Gasteiger charge is 2.15. The maximum Gasteiger partial charge on any atom is 0.293 e. The van der Waals surface area contributed by atoms with Gasteiger partial charge in [0.05, 0.1) is 22.3 Å². The number of nitrogens with zero attached hydrogens (tertiary/aromatic N) is 3. The highest BCUT2D eigenvalue weighted by Crippen LogP contribution is 2.25. The Bertz CT molecular complexity index is 933. The summed E-state index contributed by atoms with van der Waals surface area (Å²) >= 11 is 0. The molecule has 25 heavy (non-hydrogen) atoms. The molecular weight excluding hydrogens is 320 g/mol. The first-order chi connectivity index (χ1) is 12.1. The molecule has 0 amide bonds. The molecule has 0 spiro atoms. The van der Waals surface area contributed by atoms with Crippen molar-refractivity contribution in [3.05, 3.63) is 64.5 Å². The van der Waals surface area contributed by atoms with Gasteiger partial charge in [0.1, 0.15) is 5.69 Å². The van der Waals surface area contributed by atoms with Gasteiger partial charge in [-0.25, -0.2) is 4.98 Å². The number of aromatic nitrogens is 2. The first-order valence-electron chi connectivity index (χ1n) is 7.99. The first kappa shape index (κ1) is 16.6. The van der Waals surface area contributed by atoms with Crippen LogP contribution in [0.3, 0.4) is 0 Å². The van der Waals surface area contributed by atoms with E-state index in [1.54, 1.807) is 18.5 Å². The molecule has 0 unspecified atom stereocenters. The lowest BCUT2D eigenvalue weighted by molar-refractivity contribution is -0.384. The number of aryl methyl sites for hydroxylation is 1. The average molecular weight is 338 g/mol. The van der Waals surface area contributed by atoms with Crippen molar-refractivity contribution in [3.63, 3.8) is 0 Å². The predicted molar refractivity (Wildman–Crippen MR) is 95.9 cm³/mol. The Kier molecular flexibility index (Phi) is 4.74. The fourth-order valence-corrected chi connectivity index (χ4v) is 2.71. The Balaban J connectivity index is 1.64. The number of carbonyl (C=O) groups is 1. The Morgan fingerprint density at radius 1 is 1.28 bits per heavy atom. The van der Waals surface area contributed by atoms with Crippen LogP contribution >= 0.6 is 0 Å². The largest absolute Gasteiger partial charge is 0.379 e. The van der Waals surface area contributed by atoms with Crippen LogP contribution in [0.25, 0.3) is 11.0 Å². The van der Waals surface area contributed by atoms with Crippen LogP contribution in [0.4, 0.5) is 11.4 Å². The number of hydrogen-bond donors (Lipinski definition) is 1. The minimum absolute atomic E-state index is 0.0826. The highest BCUT2D eigenvalue weighted by molar-refractivity contribution is 5.95. The second kappa shape index (κ2) is 7.12. The van der Waals surface area contributed by atoms with E-state index in [1.807, 2.05) is 24.3 Å². The van der Waals surface area contributed by atoms with E-state index in [-0.39, 0.29) is 11.5 Å². The van der Waals surface area contributed by atoms with Crippen LogP contribution in [-0.4, -0.2) is 26.8 Å². The molecule has 1 aromatic heterocycles. The van der Waals surface area contributed by atoms with Crippen LogP contribution in [0.5, 0.6) is 0 Å². The molecule has 1 N–H and O–H groups in total. The molecule has 7 heteroatoms. The number of para-hydroxylation sites is 2. The Labute approximate surface area is 144 Å². The van der Waals surface area contributed by atoms with Gasteiger partial charge in [-0.05, 0) is 37.6 Å². The number of nitro groups is 1. The number of fused-ring (bicyclic) bond motifs is 1. The van der Waals surface area contributed by atoms with Crippen LogP contribution in [0.2, 0.25) is 0 Å². The van der Waals surface area contributed by atoms with Gasteiger partial charge < -0.3 is 9.88 Å². The van der Waals surface area contributed by atoms with Crippen molar-refractivity contribution in [2.24, 2.45) is 0 Å². The molecular formula is C18H18N4O3. The van der Waals surface area contributed by atoms with Gasteiger partial charge in [-0.15, -0.1) is 0 Å². The molecule has 0 saturated heterocycles. The summed E-state index contributed by atoms with van der Waals surface area (Å²) in [5.41, 5.74) is 2.69. The summed E-state index contributed by atoms with van der Waals surface area (Å²) in [6, 6.07) is 12.4. The third-order valence-corrected chi connectivity index (χ3v) is 4.02. The van der Waals surface area contributed by atoms with Crippen molar-refractivity contribution >= 4 is 28.2 Å². The number of rotatable bonds is 7. The van der Waals surface area contributed by atoms with Gasteiger partial charge in [0, 0.05) is 24.7 Å². The monoisotopic (exact) mass is 338 g/mol. The van der Waals surface area contributed by atoms with Crippen LogP contribution in [0.1, 0.15) is 23.7 Å². The zero-order chi connectivity index (χ0) is 17.8. The number of hydrogen-bond acceptors (Lipinski definition) is 5. The van der Waals surface area contributed by atoms with Crippen LogP contribution in [0, 0.1) is 10.1 Å². The van der Waals surface area contributed by atoms with Gasteiger partial charge >= 0.3 is 0 Å². The molecule has 1 heterocycles. The molecule has 0 aliphatic carbocycles. The second-order valence-electron chi connectivity index (χ2n) is 5.75. The van der Waals surface area contributed by atoms with Crippen molar-refractivity contribution < 1.29 is 9.72 Å². The first-order valence-corrected chi connectivity index (χ1v) is 7.99. The van der Waals surface area contributed by atoms with E-state index in [4.69, 9.17) is 0 Å². The van der Waals surface area contributed by atoms with E-state index in [0.717, 1.165) is 24.0 Å². The third-order valence-electron chi connectivity index (χ3n) is 4.02. The van der Waals surface area contributed by atoms with Gasteiger partial charge in [0.2, 0.25) is 0 Å². The number of ketones is 1. The normalized spacial score (nSPS) is 10.8. The predicted octanol–water partition coefficient (Wildman–Crippen LogP) is 3.65. The SMILES string of the molecule is CC(=O)c1ccc(NCCCn2cnc3ccccc32)c([N+](=O)[O-])c1. The second-order valence-corrected chi connectivity index (χ2v) is 5.75. The van der Waals surface area contributed by atoms with E-state index in [0.29, 0.717) is 17.8 Å². The molecule has 2 aromatic carbocycles. The number of carbonyl (C=O) groups excluding carboxylic acids is 1. The summed E-state index contributed by atoms with van der Waals surface area (Å²) in [6.45, 7) is 2.72. The molecule has 3 aromatic rings. The summed E-state index contributed by atoms with van der Waals surface area (Å²) in [6.07, 6.45) is 2.58. The van der Waals surface area contributed by atoms with Gasteiger partial charge in [0.15, 0.2) is 5.78 Å².